The summed E-state index contributed by atoms with van der Waals surface area (Å²) in [6.07, 6.45) is -4.13. The first-order valence-electron chi connectivity index (χ1n) is 8.46. The minimum Gasteiger partial charge on any atom is -0.356 e. The number of para-hydroxylation sites is 1. The lowest BCUT2D eigenvalue weighted by atomic mass is 9.92. The van der Waals surface area contributed by atoms with E-state index in [1.165, 1.54) is 0 Å². The lowest BCUT2D eigenvalue weighted by molar-refractivity contribution is -0.188. The molecule has 0 spiro atoms. The van der Waals surface area contributed by atoms with Crippen molar-refractivity contribution in [3.63, 3.8) is 0 Å². The number of fused-ring (bicyclic) bond motifs is 3. The van der Waals surface area contributed by atoms with Crippen LogP contribution in [0.3, 0.4) is 0 Å². The van der Waals surface area contributed by atoms with Gasteiger partial charge in [0.2, 0.25) is 0 Å². The van der Waals surface area contributed by atoms with E-state index in [0.29, 0.717) is 18.5 Å². The van der Waals surface area contributed by atoms with Crippen LogP contribution in [0.2, 0.25) is 0 Å². The summed E-state index contributed by atoms with van der Waals surface area (Å²) < 4.78 is 39.4. The fraction of sp³-hybridized carbons (Fsp3) is 0.250. The number of H-pyrrole nitrogens is 1. The van der Waals surface area contributed by atoms with Crippen molar-refractivity contribution in [2.45, 2.75) is 25.1 Å². The van der Waals surface area contributed by atoms with E-state index < -0.39 is 18.1 Å². The second-order valence-electron chi connectivity index (χ2n) is 6.51. The Morgan fingerprint density at radius 3 is 2.50 bits per heavy atom. The maximum atomic E-state index is 13.1. The monoisotopic (exact) mass is 358 g/mol. The fourth-order valence-corrected chi connectivity index (χ4v) is 3.77. The average molecular weight is 358 g/mol. The van der Waals surface area contributed by atoms with Crippen LogP contribution in [0.15, 0.2) is 54.6 Å². The first kappa shape index (κ1) is 16.7. The number of halogens is 3. The molecule has 1 amide bonds. The Bertz CT molecular complexity index is 947. The van der Waals surface area contributed by atoms with Crippen molar-refractivity contribution in [1.29, 1.82) is 0 Å². The smallest absolute Gasteiger partial charge is 0.356 e. The number of aromatic nitrogens is 1. The van der Waals surface area contributed by atoms with Gasteiger partial charge in [-0.25, -0.2) is 0 Å². The molecule has 1 unspecified atom stereocenters. The van der Waals surface area contributed by atoms with Crippen molar-refractivity contribution in [1.82, 2.24) is 9.88 Å². The summed E-state index contributed by atoms with van der Waals surface area (Å²) >= 11 is 0. The zero-order valence-corrected chi connectivity index (χ0v) is 13.9. The molecule has 6 heteroatoms. The van der Waals surface area contributed by atoms with Gasteiger partial charge in [0.25, 0.3) is 0 Å². The van der Waals surface area contributed by atoms with Crippen molar-refractivity contribution in [3.05, 3.63) is 71.4 Å². The molecule has 0 saturated carbocycles. The Balaban J connectivity index is 1.81. The van der Waals surface area contributed by atoms with Gasteiger partial charge in [0.15, 0.2) is 0 Å². The summed E-state index contributed by atoms with van der Waals surface area (Å²) in [6.45, 7) is 0.0602. The summed E-state index contributed by atoms with van der Waals surface area (Å²) in [4.78, 5) is 16.3. The van der Waals surface area contributed by atoms with Gasteiger partial charge in [-0.15, -0.1) is 0 Å². The SMILES string of the molecule is O=C(N1CCc2c([nH]c3ccccc23)C1Cc1ccccc1)C(F)(F)F. The third kappa shape index (κ3) is 2.85. The molecule has 0 bridgehead atoms. The zero-order chi connectivity index (χ0) is 18.3. The number of carbonyl (C=O) groups is 1. The van der Waals surface area contributed by atoms with Crippen LogP contribution in [-0.2, 0) is 17.6 Å². The second-order valence-corrected chi connectivity index (χ2v) is 6.51. The van der Waals surface area contributed by atoms with E-state index in [1.54, 1.807) is 0 Å². The first-order valence-corrected chi connectivity index (χ1v) is 8.46. The first-order chi connectivity index (χ1) is 12.4. The van der Waals surface area contributed by atoms with Crippen molar-refractivity contribution in [2.24, 2.45) is 0 Å². The molecule has 1 aliphatic heterocycles. The average Bonchev–Trinajstić information content (AvgIpc) is 3.01. The summed E-state index contributed by atoms with van der Waals surface area (Å²) in [5.41, 5.74) is 3.49. The van der Waals surface area contributed by atoms with E-state index in [1.807, 2.05) is 54.6 Å². The number of carbonyl (C=O) groups excluding carboxylic acids is 1. The number of aromatic amines is 1. The molecule has 0 fully saturated rings. The number of nitrogens with one attached hydrogen (secondary N) is 1. The molecule has 1 N–H and O–H groups in total. The van der Waals surface area contributed by atoms with Crippen LogP contribution in [0.5, 0.6) is 0 Å². The molecule has 1 atom stereocenters. The number of rotatable bonds is 2. The number of alkyl halides is 3. The van der Waals surface area contributed by atoms with Gasteiger partial charge in [-0.1, -0.05) is 48.5 Å². The van der Waals surface area contributed by atoms with Gasteiger partial charge in [0, 0.05) is 23.1 Å². The van der Waals surface area contributed by atoms with Gasteiger partial charge in [-0.05, 0) is 30.0 Å². The molecule has 2 aromatic carbocycles. The van der Waals surface area contributed by atoms with E-state index in [2.05, 4.69) is 4.98 Å². The third-order valence-electron chi connectivity index (χ3n) is 4.93. The lowest BCUT2D eigenvalue weighted by Gasteiger charge is -2.36. The van der Waals surface area contributed by atoms with Crippen molar-refractivity contribution < 1.29 is 18.0 Å². The number of hydrogen-bond acceptors (Lipinski definition) is 1. The quantitative estimate of drug-likeness (QED) is 0.724. The molecular weight excluding hydrogens is 341 g/mol. The Morgan fingerprint density at radius 2 is 1.77 bits per heavy atom. The van der Waals surface area contributed by atoms with E-state index in [-0.39, 0.29) is 6.54 Å². The topological polar surface area (TPSA) is 36.1 Å². The standard InChI is InChI=1S/C20H17F3N2O/c21-20(22,23)19(26)25-11-10-15-14-8-4-5-9-16(14)24-18(15)17(25)12-13-6-2-1-3-7-13/h1-9,17,24H,10-12H2. The van der Waals surface area contributed by atoms with Crippen LogP contribution in [0, 0.1) is 0 Å². The third-order valence-corrected chi connectivity index (χ3v) is 4.93. The van der Waals surface area contributed by atoms with Crippen LogP contribution in [0.25, 0.3) is 10.9 Å². The number of benzene rings is 2. The number of nitrogens with zero attached hydrogens (tertiary/aromatic N) is 1. The summed E-state index contributed by atoms with van der Waals surface area (Å²) in [5.74, 6) is -1.78. The highest BCUT2D eigenvalue weighted by molar-refractivity contribution is 5.87. The predicted molar refractivity (Wildman–Crippen MR) is 92.7 cm³/mol. The van der Waals surface area contributed by atoms with E-state index >= 15 is 0 Å². The Labute approximate surface area is 148 Å². The molecule has 1 aromatic heterocycles. The molecular formula is C20H17F3N2O. The maximum absolute atomic E-state index is 13.1. The number of amides is 1. The molecule has 3 nitrogen and oxygen atoms in total. The highest BCUT2D eigenvalue weighted by Gasteiger charge is 2.46. The molecule has 3 aromatic rings. The number of hydrogen-bond donors (Lipinski definition) is 1. The van der Waals surface area contributed by atoms with Crippen LogP contribution in [0.4, 0.5) is 13.2 Å². The van der Waals surface area contributed by atoms with Crippen LogP contribution in [-0.4, -0.2) is 28.5 Å². The van der Waals surface area contributed by atoms with Gasteiger partial charge in [0.05, 0.1) is 6.04 Å². The minimum absolute atomic E-state index is 0.0602. The Hall–Kier alpha value is -2.76. The van der Waals surface area contributed by atoms with Crippen LogP contribution < -0.4 is 0 Å². The molecule has 1 aliphatic rings. The molecule has 134 valence electrons. The molecule has 0 saturated heterocycles. The van der Waals surface area contributed by atoms with Gasteiger partial charge in [-0.3, -0.25) is 4.79 Å². The van der Waals surface area contributed by atoms with Crippen LogP contribution >= 0.6 is 0 Å². The zero-order valence-electron chi connectivity index (χ0n) is 13.9. The lowest BCUT2D eigenvalue weighted by Crippen LogP contribution is -2.47. The molecule has 4 rings (SSSR count). The Kier molecular flexibility index (Phi) is 3.98. The van der Waals surface area contributed by atoms with Crippen LogP contribution in [0.1, 0.15) is 22.9 Å². The largest absolute Gasteiger partial charge is 0.471 e. The summed E-state index contributed by atoms with van der Waals surface area (Å²) in [6, 6.07) is 16.3. The molecule has 2 heterocycles. The van der Waals surface area contributed by atoms with Crippen molar-refractivity contribution >= 4 is 16.8 Å². The van der Waals surface area contributed by atoms with E-state index in [9.17, 15) is 18.0 Å². The molecule has 0 radical (unpaired) electrons. The second kappa shape index (κ2) is 6.20. The van der Waals surface area contributed by atoms with Gasteiger partial charge < -0.3 is 9.88 Å². The minimum atomic E-state index is -4.88. The van der Waals surface area contributed by atoms with Gasteiger partial charge in [-0.2, -0.15) is 13.2 Å². The van der Waals surface area contributed by atoms with Gasteiger partial charge >= 0.3 is 12.1 Å². The molecule has 0 aliphatic carbocycles. The summed E-state index contributed by atoms with van der Waals surface area (Å²) in [7, 11) is 0. The van der Waals surface area contributed by atoms with Crippen molar-refractivity contribution in [3.8, 4) is 0 Å². The normalized spacial score (nSPS) is 17.3. The molecule has 26 heavy (non-hydrogen) atoms. The maximum Gasteiger partial charge on any atom is 0.471 e. The highest BCUT2D eigenvalue weighted by atomic mass is 19.4. The fourth-order valence-electron chi connectivity index (χ4n) is 3.77. The van der Waals surface area contributed by atoms with E-state index in [0.717, 1.165) is 26.9 Å². The predicted octanol–water partition coefficient (Wildman–Crippen LogP) is 4.40. The highest BCUT2D eigenvalue weighted by Crippen LogP contribution is 2.38. The van der Waals surface area contributed by atoms with Gasteiger partial charge in [0.1, 0.15) is 0 Å². The van der Waals surface area contributed by atoms with Crippen molar-refractivity contribution in [2.75, 3.05) is 6.54 Å². The summed E-state index contributed by atoms with van der Waals surface area (Å²) in [5, 5.41) is 1.01. The Morgan fingerprint density at radius 1 is 1.08 bits per heavy atom. The van der Waals surface area contributed by atoms with E-state index in [4.69, 9.17) is 0 Å².